The first-order valence-electron chi connectivity index (χ1n) is 5.93. The smallest absolute Gasteiger partial charge is 0.380 e. The highest BCUT2D eigenvalue weighted by Gasteiger charge is 2.48. The summed E-state index contributed by atoms with van der Waals surface area (Å²) in [5.74, 6) is -1.07. The van der Waals surface area contributed by atoms with Crippen LogP contribution < -0.4 is 5.32 Å². The quantitative estimate of drug-likeness (QED) is 0.871. The molecule has 120 valence electrons. The number of rotatable bonds is 4. The van der Waals surface area contributed by atoms with Crippen LogP contribution in [0, 0.1) is 5.82 Å². The maximum Gasteiger partial charge on any atom is 0.501 e. The molecule has 0 unspecified atom stereocenters. The van der Waals surface area contributed by atoms with E-state index in [0.29, 0.717) is 11.6 Å². The predicted octanol–water partition coefficient (Wildman–Crippen LogP) is 2.46. The Bertz CT molecular complexity index is 784. The molecule has 0 saturated carbocycles. The molecule has 2 rings (SSSR count). The number of nitrogens with zero attached hydrogens (tertiary/aromatic N) is 2. The van der Waals surface area contributed by atoms with Crippen LogP contribution in [0.5, 0.6) is 0 Å². The lowest BCUT2D eigenvalue weighted by Gasteiger charge is -2.14. The zero-order valence-corrected chi connectivity index (χ0v) is 12.0. The van der Waals surface area contributed by atoms with Gasteiger partial charge in [0, 0.05) is 25.4 Å². The van der Waals surface area contributed by atoms with Crippen molar-refractivity contribution < 1.29 is 26.0 Å². The van der Waals surface area contributed by atoms with Crippen molar-refractivity contribution in [1.29, 1.82) is 0 Å². The molecular formula is C12H11F4N3O2S. The van der Waals surface area contributed by atoms with E-state index in [4.69, 9.17) is 0 Å². The number of sulfone groups is 1. The average Bonchev–Trinajstić information content (AvgIpc) is 2.81. The van der Waals surface area contributed by atoms with Crippen molar-refractivity contribution in [2.75, 3.05) is 5.32 Å². The van der Waals surface area contributed by atoms with E-state index >= 15 is 0 Å². The fourth-order valence-corrected chi connectivity index (χ4v) is 2.70. The lowest BCUT2D eigenvalue weighted by atomic mass is 10.3. The van der Waals surface area contributed by atoms with Crippen LogP contribution in [0.25, 0.3) is 0 Å². The van der Waals surface area contributed by atoms with Crippen molar-refractivity contribution in [3.63, 3.8) is 0 Å². The molecule has 0 aliphatic rings. The van der Waals surface area contributed by atoms with E-state index in [1.165, 1.54) is 10.9 Å². The largest absolute Gasteiger partial charge is 0.501 e. The molecule has 1 aromatic heterocycles. The van der Waals surface area contributed by atoms with Gasteiger partial charge in [-0.1, -0.05) is 0 Å². The third kappa shape index (κ3) is 3.21. The molecule has 0 fully saturated rings. The summed E-state index contributed by atoms with van der Waals surface area (Å²) in [6.45, 7) is 0.0415. The highest BCUT2D eigenvalue weighted by Crippen LogP contribution is 2.34. The molecule has 2 aromatic rings. The first-order valence-corrected chi connectivity index (χ1v) is 7.42. The predicted molar refractivity (Wildman–Crippen MR) is 70.2 cm³/mol. The van der Waals surface area contributed by atoms with Gasteiger partial charge in [-0.2, -0.15) is 18.3 Å². The Morgan fingerprint density at radius 1 is 1.32 bits per heavy atom. The number of halogens is 4. The number of anilines is 1. The van der Waals surface area contributed by atoms with Gasteiger partial charge in [-0.15, -0.1) is 0 Å². The first-order chi connectivity index (χ1) is 10.1. The molecule has 0 aliphatic carbocycles. The molecule has 0 spiro atoms. The molecule has 0 amide bonds. The van der Waals surface area contributed by atoms with Gasteiger partial charge in [0.05, 0.1) is 11.9 Å². The molecule has 0 aliphatic heterocycles. The van der Waals surface area contributed by atoms with Crippen molar-refractivity contribution in [3.8, 4) is 0 Å². The van der Waals surface area contributed by atoms with Crippen LogP contribution in [0.15, 0.2) is 35.5 Å². The Kier molecular flexibility index (Phi) is 4.14. The van der Waals surface area contributed by atoms with Crippen molar-refractivity contribution in [1.82, 2.24) is 9.78 Å². The Balaban J connectivity index is 2.36. The normalized spacial score (nSPS) is 12.4. The van der Waals surface area contributed by atoms with E-state index in [2.05, 4.69) is 10.4 Å². The maximum absolute atomic E-state index is 13.2. The van der Waals surface area contributed by atoms with Gasteiger partial charge in [0.25, 0.3) is 9.84 Å². The fourth-order valence-electron chi connectivity index (χ4n) is 1.75. The lowest BCUT2D eigenvalue weighted by molar-refractivity contribution is -0.0435. The van der Waals surface area contributed by atoms with Gasteiger partial charge in [-0.05, 0) is 18.2 Å². The molecule has 0 saturated heterocycles. The first kappa shape index (κ1) is 16.3. The number of nitrogens with one attached hydrogen (secondary N) is 1. The van der Waals surface area contributed by atoms with Gasteiger partial charge in [0.2, 0.25) is 0 Å². The topological polar surface area (TPSA) is 64.0 Å². The van der Waals surface area contributed by atoms with Gasteiger partial charge < -0.3 is 5.32 Å². The van der Waals surface area contributed by atoms with E-state index < -0.39 is 26.1 Å². The summed E-state index contributed by atoms with van der Waals surface area (Å²) in [5, 5.41) is 6.42. The molecular weight excluding hydrogens is 326 g/mol. The molecule has 1 heterocycles. The molecule has 0 bridgehead atoms. The van der Waals surface area contributed by atoms with Gasteiger partial charge in [-0.25, -0.2) is 12.8 Å². The van der Waals surface area contributed by atoms with Crippen LogP contribution in [0.3, 0.4) is 0 Å². The molecule has 0 atom stereocenters. The summed E-state index contributed by atoms with van der Waals surface area (Å²) >= 11 is 0. The molecule has 1 N–H and O–H groups in total. The molecule has 0 radical (unpaired) electrons. The Morgan fingerprint density at radius 2 is 2.00 bits per heavy atom. The minimum Gasteiger partial charge on any atom is -0.380 e. The van der Waals surface area contributed by atoms with Gasteiger partial charge in [-0.3, -0.25) is 4.68 Å². The summed E-state index contributed by atoms with van der Waals surface area (Å²) in [6, 6.07) is 2.17. The van der Waals surface area contributed by atoms with Crippen LogP contribution in [0.2, 0.25) is 0 Å². The molecule has 10 heteroatoms. The van der Waals surface area contributed by atoms with Gasteiger partial charge >= 0.3 is 5.51 Å². The second-order valence-corrected chi connectivity index (χ2v) is 6.38. The monoisotopic (exact) mass is 337 g/mol. The summed E-state index contributed by atoms with van der Waals surface area (Å²) < 4.78 is 75.6. The highest BCUT2D eigenvalue weighted by atomic mass is 32.2. The standard InChI is InChI=1S/C12H11F4N3O2S/c1-19-7-8(6-18-19)5-17-10-3-2-9(13)4-11(10)22(20,21)12(14,15)16/h2-4,6-7,17H,5H2,1H3. The van der Waals surface area contributed by atoms with Gasteiger partial charge in [0.15, 0.2) is 0 Å². The minimum atomic E-state index is -5.65. The number of hydrogen-bond acceptors (Lipinski definition) is 4. The van der Waals surface area contributed by atoms with Crippen LogP contribution in [-0.2, 0) is 23.4 Å². The summed E-state index contributed by atoms with van der Waals surface area (Å²) in [5.41, 5.74) is -5.21. The Hall–Kier alpha value is -2.10. The van der Waals surface area contributed by atoms with Crippen LogP contribution >= 0.6 is 0 Å². The summed E-state index contributed by atoms with van der Waals surface area (Å²) in [7, 11) is -4.00. The van der Waals surface area contributed by atoms with E-state index in [0.717, 1.165) is 12.1 Å². The molecule has 22 heavy (non-hydrogen) atoms. The fraction of sp³-hybridized carbons (Fsp3) is 0.250. The molecule has 1 aromatic carbocycles. The Labute approximate surface area is 123 Å². The van der Waals surface area contributed by atoms with E-state index in [-0.39, 0.29) is 12.2 Å². The lowest BCUT2D eigenvalue weighted by Crippen LogP contribution is -2.24. The number of alkyl halides is 3. The number of hydrogen-bond donors (Lipinski definition) is 1. The van der Waals surface area contributed by atoms with Crippen LogP contribution in [0.1, 0.15) is 5.56 Å². The van der Waals surface area contributed by atoms with E-state index in [9.17, 15) is 26.0 Å². The highest BCUT2D eigenvalue weighted by molar-refractivity contribution is 7.92. The Morgan fingerprint density at radius 3 is 2.55 bits per heavy atom. The van der Waals surface area contributed by atoms with Crippen LogP contribution in [-0.4, -0.2) is 23.7 Å². The van der Waals surface area contributed by atoms with Crippen molar-refractivity contribution >= 4 is 15.5 Å². The third-order valence-corrected chi connectivity index (χ3v) is 4.31. The number of benzene rings is 1. The minimum absolute atomic E-state index is 0.0415. The summed E-state index contributed by atoms with van der Waals surface area (Å²) in [6.07, 6.45) is 3.07. The second kappa shape index (κ2) is 5.59. The van der Waals surface area contributed by atoms with E-state index in [1.54, 1.807) is 13.2 Å². The second-order valence-electron chi connectivity index (χ2n) is 4.47. The number of aryl methyl sites for hydroxylation is 1. The van der Waals surface area contributed by atoms with E-state index in [1.807, 2.05) is 0 Å². The average molecular weight is 337 g/mol. The van der Waals surface area contributed by atoms with Crippen molar-refractivity contribution in [2.24, 2.45) is 7.05 Å². The van der Waals surface area contributed by atoms with Crippen molar-refractivity contribution in [3.05, 3.63) is 42.0 Å². The van der Waals surface area contributed by atoms with Gasteiger partial charge in [0.1, 0.15) is 10.7 Å². The van der Waals surface area contributed by atoms with Crippen molar-refractivity contribution in [2.45, 2.75) is 16.9 Å². The zero-order chi connectivity index (χ0) is 16.5. The summed E-state index contributed by atoms with van der Waals surface area (Å²) in [4.78, 5) is -1.15. The molecule has 5 nitrogen and oxygen atoms in total. The zero-order valence-electron chi connectivity index (χ0n) is 11.2. The third-order valence-electron chi connectivity index (χ3n) is 2.78. The SMILES string of the molecule is Cn1cc(CNc2ccc(F)cc2S(=O)(=O)C(F)(F)F)cn1. The van der Waals surface area contributed by atoms with Crippen LogP contribution in [0.4, 0.5) is 23.2 Å². The number of aromatic nitrogens is 2. The maximum atomic E-state index is 13.2.